The Hall–Kier alpha value is -3.19. The molecule has 2 aromatic heterocycles. The van der Waals surface area contributed by atoms with E-state index in [1.165, 1.54) is 5.56 Å². The molecule has 2 bridgehead atoms. The van der Waals surface area contributed by atoms with Gasteiger partial charge in [0, 0.05) is 29.9 Å². The summed E-state index contributed by atoms with van der Waals surface area (Å²) in [6.45, 7) is 10.8. The highest BCUT2D eigenvalue weighted by molar-refractivity contribution is 5.84. The van der Waals surface area contributed by atoms with Gasteiger partial charge >= 0.3 is 6.09 Å². The molecule has 3 fully saturated rings. The molecule has 1 N–H and O–H groups in total. The molecule has 5 heterocycles. The zero-order chi connectivity index (χ0) is 24.6. The first-order valence-electron chi connectivity index (χ1n) is 12.4. The highest BCUT2D eigenvalue weighted by Crippen LogP contribution is 2.42. The monoisotopic (exact) mass is 474 g/mol. The molecule has 3 aliphatic heterocycles. The molecule has 1 unspecified atom stereocenters. The molecule has 7 heteroatoms. The first kappa shape index (κ1) is 23.5. The number of hydrogen-bond donors (Lipinski definition) is 1. The third-order valence-electron chi connectivity index (χ3n) is 7.29. The van der Waals surface area contributed by atoms with E-state index in [9.17, 15) is 4.79 Å². The predicted octanol–water partition coefficient (Wildman–Crippen LogP) is 5.77. The van der Waals surface area contributed by atoms with Crippen LogP contribution in [0.2, 0.25) is 0 Å². The maximum atomic E-state index is 12.4. The quantitative estimate of drug-likeness (QED) is 0.506. The van der Waals surface area contributed by atoms with Gasteiger partial charge in [-0.1, -0.05) is 32.9 Å². The van der Waals surface area contributed by atoms with E-state index in [-0.39, 0.29) is 11.5 Å². The summed E-state index contributed by atoms with van der Waals surface area (Å²) in [6, 6.07) is 14.1. The smallest absolute Gasteiger partial charge is 0.411 e. The maximum absolute atomic E-state index is 12.4. The lowest BCUT2D eigenvalue weighted by Gasteiger charge is -2.49. The number of nitrogens with zero attached hydrogens (tertiary/aromatic N) is 3. The highest BCUT2D eigenvalue weighted by atomic mass is 16.5. The van der Waals surface area contributed by atoms with Crippen LogP contribution >= 0.6 is 0 Å². The van der Waals surface area contributed by atoms with Crippen LogP contribution in [0.5, 0.6) is 0 Å². The number of anilines is 1. The number of furan rings is 1. The maximum Gasteiger partial charge on any atom is 0.411 e. The number of rotatable bonds is 5. The number of hydrogen-bond acceptors (Lipinski definition) is 6. The average molecular weight is 475 g/mol. The second-order valence-electron chi connectivity index (χ2n) is 10.8. The van der Waals surface area contributed by atoms with E-state index in [0.29, 0.717) is 18.4 Å². The summed E-state index contributed by atoms with van der Waals surface area (Å²) in [7, 11) is 0. The van der Waals surface area contributed by atoms with Crippen LogP contribution in [-0.2, 0) is 10.2 Å². The molecule has 3 aromatic rings. The van der Waals surface area contributed by atoms with Gasteiger partial charge in [0.2, 0.25) is 0 Å². The third-order valence-corrected chi connectivity index (χ3v) is 7.29. The summed E-state index contributed by atoms with van der Waals surface area (Å²) in [5, 5.41) is 2.86. The molecule has 3 aliphatic rings. The van der Waals surface area contributed by atoms with Crippen molar-refractivity contribution < 1.29 is 13.9 Å². The molecule has 184 valence electrons. The number of benzene rings is 1. The Balaban J connectivity index is 1.18. The predicted molar refractivity (Wildman–Crippen MR) is 135 cm³/mol. The van der Waals surface area contributed by atoms with Crippen molar-refractivity contribution in [2.75, 3.05) is 25.0 Å². The number of carbonyl (C=O) groups excluding carboxylic acids is 1. The Morgan fingerprint density at radius 2 is 2.00 bits per heavy atom. The number of aryl methyl sites for hydroxylation is 1. The van der Waals surface area contributed by atoms with Crippen LogP contribution in [0.25, 0.3) is 11.5 Å². The third kappa shape index (κ3) is 5.25. The first-order valence-corrected chi connectivity index (χ1v) is 12.4. The minimum atomic E-state index is -0.401. The molecular weight excluding hydrogens is 440 g/mol. The minimum Gasteiger partial charge on any atom is -0.463 e. The van der Waals surface area contributed by atoms with Crippen LogP contribution in [0.1, 0.15) is 56.6 Å². The van der Waals surface area contributed by atoms with E-state index in [1.807, 2.05) is 43.3 Å². The number of aromatic nitrogens is 2. The SMILES string of the molecule is Cc1nc(-c2ccco2)cc([C@@H]2CN3CC[C@H]2C[C@@H]3COC(=O)Nc2ccc(C(C)(C)C)cc2)n1. The number of nitrogens with one attached hydrogen (secondary N) is 1. The van der Waals surface area contributed by atoms with Gasteiger partial charge in [-0.15, -0.1) is 0 Å². The summed E-state index contributed by atoms with van der Waals surface area (Å²) >= 11 is 0. The van der Waals surface area contributed by atoms with Gasteiger partial charge in [-0.2, -0.15) is 0 Å². The topological polar surface area (TPSA) is 80.5 Å². The van der Waals surface area contributed by atoms with Crippen molar-refractivity contribution in [2.24, 2.45) is 5.92 Å². The van der Waals surface area contributed by atoms with Gasteiger partial charge in [-0.3, -0.25) is 10.2 Å². The van der Waals surface area contributed by atoms with Gasteiger partial charge in [0.05, 0.1) is 6.26 Å². The van der Waals surface area contributed by atoms with Crippen LogP contribution in [0.15, 0.2) is 53.1 Å². The lowest BCUT2D eigenvalue weighted by Crippen LogP contribution is -2.54. The fourth-order valence-electron chi connectivity index (χ4n) is 5.36. The van der Waals surface area contributed by atoms with Crippen LogP contribution < -0.4 is 5.32 Å². The molecule has 0 saturated carbocycles. The van der Waals surface area contributed by atoms with Gasteiger partial charge in [0.15, 0.2) is 5.76 Å². The van der Waals surface area contributed by atoms with Crippen molar-refractivity contribution in [1.29, 1.82) is 0 Å². The van der Waals surface area contributed by atoms with Crippen LogP contribution in [0, 0.1) is 12.8 Å². The molecule has 0 radical (unpaired) electrons. The molecule has 7 nitrogen and oxygen atoms in total. The van der Waals surface area contributed by atoms with E-state index < -0.39 is 6.09 Å². The number of amides is 1. The summed E-state index contributed by atoms with van der Waals surface area (Å²) in [4.78, 5) is 24.2. The lowest BCUT2D eigenvalue weighted by molar-refractivity contribution is -0.00151. The van der Waals surface area contributed by atoms with Crippen LogP contribution in [0.4, 0.5) is 10.5 Å². The minimum absolute atomic E-state index is 0.0798. The molecule has 1 aromatic carbocycles. The number of piperidine rings is 3. The standard InChI is InChI=1S/C28H34N4O3/c1-18-29-24(15-25(30-18)26-6-5-13-34-26)23-16-32-12-11-19(23)14-22(32)17-35-27(33)31-21-9-7-20(8-10-21)28(2,3)4/h5-10,13,15,19,22-23H,11-12,14,16-17H2,1-4H3,(H,31,33)/t19-,22+,23+/m0/s1. The number of carbonyl (C=O) groups is 1. The molecule has 0 spiro atoms. The second-order valence-corrected chi connectivity index (χ2v) is 10.8. The summed E-state index contributed by atoms with van der Waals surface area (Å²) in [5.74, 6) is 2.40. The van der Waals surface area contributed by atoms with Gasteiger partial charge in [0.1, 0.15) is 18.1 Å². The van der Waals surface area contributed by atoms with E-state index >= 15 is 0 Å². The average Bonchev–Trinajstić information content (AvgIpc) is 3.38. The summed E-state index contributed by atoms with van der Waals surface area (Å²) < 4.78 is 11.2. The van der Waals surface area contributed by atoms with E-state index in [2.05, 4.69) is 42.0 Å². The fourth-order valence-corrected chi connectivity index (χ4v) is 5.36. The summed E-state index contributed by atoms with van der Waals surface area (Å²) in [5.41, 5.74) is 3.97. The van der Waals surface area contributed by atoms with Crippen molar-refractivity contribution in [3.8, 4) is 11.5 Å². The fraction of sp³-hybridized carbons (Fsp3) is 0.464. The van der Waals surface area contributed by atoms with E-state index in [0.717, 1.165) is 54.6 Å². The Bertz CT molecular complexity index is 1170. The largest absolute Gasteiger partial charge is 0.463 e. The Morgan fingerprint density at radius 3 is 2.66 bits per heavy atom. The first-order chi connectivity index (χ1) is 16.8. The van der Waals surface area contributed by atoms with Crippen molar-refractivity contribution >= 4 is 11.8 Å². The van der Waals surface area contributed by atoms with Crippen molar-refractivity contribution in [3.63, 3.8) is 0 Å². The zero-order valence-corrected chi connectivity index (χ0v) is 21.0. The molecular formula is C28H34N4O3. The van der Waals surface area contributed by atoms with E-state index in [1.54, 1.807) is 6.26 Å². The molecule has 1 amide bonds. The van der Waals surface area contributed by atoms with Gasteiger partial charge in [-0.25, -0.2) is 14.8 Å². The van der Waals surface area contributed by atoms with Crippen molar-refractivity contribution in [2.45, 2.75) is 57.9 Å². The lowest BCUT2D eigenvalue weighted by atomic mass is 9.74. The Labute approximate surface area is 206 Å². The summed E-state index contributed by atoms with van der Waals surface area (Å²) in [6.07, 6.45) is 3.40. The van der Waals surface area contributed by atoms with Gasteiger partial charge in [-0.05, 0) is 73.5 Å². The molecule has 4 atom stereocenters. The molecule has 35 heavy (non-hydrogen) atoms. The molecule has 6 rings (SSSR count). The number of ether oxygens (including phenoxy) is 1. The Kier molecular flexibility index (Phi) is 6.36. The van der Waals surface area contributed by atoms with E-state index in [4.69, 9.17) is 14.1 Å². The second kappa shape index (κ2) is 9.46. The van der Waals surface area contributed by atoms with Crippen molar-refractivity contribution in [1.82, 2.24) is 14.9 Å². The normalized spacial score (nSPS) is 23.8. The zero-order valence-electron chi connectivity index (χ0n) is 21.0. The highest BCUT2D eigenvalue weighted by Gasteiger charge is 2.42. The molecule has 3 saturated heterocycles. The van der Waals surface area contributed by atoms with Gasteiger partial charge in [0.25, 0.3) is 0 Å². The number of fused-ring (bicyclic) bond motifs is 3. The van der Waals surface area contributed by atoms with Crippen LogP contribution in [0.3, 0.4) is 0 Å². The Morgan fingerprint density at radius 1 is 1.20 bits per heavy atom. The van der Waals surface area contributed by atoms with Gasteiger partial charge < -0.3 is 9.15 Å². The van der Waals surface area contributed by atoms with Crippen LogP contribution in [-0.4, -0.2) is 46.7 Å². The van der Waals surface area contributed by atoms with Crippen molar-refractivity contribution in [3.05, 3.63) is 65.8 Å². The molecule has 0 aliphatic carbocycles.